The number of ether oxygens (including phenoxy) is 1. The van der Waals surface area contributed by atoms with E-state index in [-0.39, 0.29) is 5.60 Å². The van der Waals surface area contributed by atoms with Crippen molar-refractivity contribution in [2.45, 2.75) is 32.3 Å². The first-order valence-corrected chi connectivity index (χ1v) is 12.3. The fraction of sp³-hybridized carbons (Fsp3) is 0.300. The minimum Gasteiger partial charge on any atom is -0.482 e. The van der Waals surface area contributed by atoms with Crippen LogP contribution in [0.5, 0.6) is 5.75 Å². The second-order valence-corrected chi connectivity index (χ2v) is 9.12. The SMILES string of the molecule is C=C(c1ccc(C2=CC3(CCNCC3)Oc3ccc(-c4ccncc4)cc32)cc1)N(CC)CC. The summed E-state index contributed by atoms with van der Waals surface area (Å²) in [4.78, 5) is 6.47. The highest BCUT2D eigenvalue weighted by atomic mass is 16.5. The van der Waals surface area contributed by atoms with Crippen molar-refractivity contribution in [3.05, 3.63) is 96.3 Å². The van der Waals surface area contributed by atoms with Gasteiger partial charge in [0.1, 0.15) is 11.4 Å². The Morgan fingerprint density at radius 3 is 2.29 bits per heavy atom. The predicted molar refractivity (Wildman–Crippen MR) is 141 cm³/mol. The topological polar surface area (TPSA) is 37.4 Å². The molecule has 3 aromatic rings. The van der Waals surface area contributed by atoms with Gasteiger partial charge in [0, 0.05) is 49.6 Å². The zero-order valence-corrected chi connectivity index (χ0v) is 20.2. The van der Waals surface area contributed by atoms with Crippen LogP contribution in [0, 0.1) is 0 Å². The van der Waals surface area contributed by atoms with Crippen molar-refractivity contribution in [3.63, 3.8) is 0 Å². The monoisotopic (exact) mass is 451 g/mol. The summed E-state index contributed by atoms with van der Waals surface area (Å²) < 4.78 is 6.68. The minimum atomic E-state index is -0.255. The zero-order valence-electron chi connectivity index (χ0n) is 20.2. The van der Waals surface area contributed by atoms with Crippen molar-refractivity contribution in [1.29, 1.82) is 0 Å². The molecule has 34 heavy (non-hydrogen) atoms. The molecule has 3 heterocycles. The lowest BCUT2D eigenvalue weighted by molar-refractivity contribution is 0.0817. The third-order valence-corrected chi connectivity index (χ3v) is 7.13. The summed E-state index contributed by atoms with van der Waals surface area (Å²) >= 11 is 0. The molecule has 1 N–H and O–H groups in total. The maximum absolute atomic E-state index is 6.68. The molecule has 0 radical (unpaired) electrons. The predicted octanol–water partition coefficient (Wildman–Crippen LogP) is 6.01. The molecular formula is C30H33N3O. The van der Waals surface area contributed by atoms with Crippen LogP contribution in [0.4, 0.5) is 0 Å². The standard InChI is InChI=1S/C30H33N3O/c1-4-33(5-2)22(3)23-6-8-25(9-7-23)28-21-30(14-18-32-19-15-30)34-29-11-10-26(20-27(28)29)24-12-16-31-17-13-24/h6-13,16-17,20-21,32H,3-5,14-15,18-19H2,1-2H3. The number of aromatic nitrogens is 1. The molecule has 0 atom stereocenters. The molecule has 0 bridgehead atoms. The highest BCUT2D eigenvalue weighted by molar-refractivity contribution is 5.87. The Morgan fingerprint density at radius 2 is 1.62 bits per heavy atom. The Labute approximate surface area is 203 Å². The van der Waals surface area contributed by atoms with E-state index in [1.807, 2.05) is 12.4 Å². The first-order valence-electron chi connectivity index (χ1n) is 12.3. The van der Waals surface area contributed by atoms with Crippen LogP contribution in [0.25, 0.3) is 22.4 Å². The molecular weight excluding hydrogens is 418 g/mol. The van der Waals surface area contributed by atoms with E-state index in [0.717, 1.165) is 61.6 Å². The molecule has 1 saturated heterocycles. The first-order chi connectivity index (χ1) is 16.6. The average molecular weight is 452 g/mol. The van der Waals surface area contributed by atoms with Crippen molar-refractivity contribution in [1.82, 2.24) is 15.2 Å². The third kappa shape index (κ3) is 4.26. The Kier molecular flexibility index (Phi) is 6.25. The van der Waals surface area contributed by atoms with Gasteiger partial charge in [0.15, 0.2) is 0 Å². The molecule has 1 fully saturated rings. The Bertz CT molecular complexity index is 1190. The highest BCUT2D eigenvalue weighted by Crippen LogP contribution is 2.44. The number of rotatable bonds is 6. The van der Waals surface area contributed by atoms with Crippen LogP contribution < -0.4 is 10.1 Å². The van der Waals surface area contributed by atoms with E-state index in [0.29, 0.717) is 0 Å². The van der Waals surface area contributed by atoms with Crippen LogP contribution >= 0.6 is 0 Å². The first kappa shape index (κ1) is 22.4. The summed E-state index contributed by atoms with van der Waals surface area (Å²) in [7, 11) is 0. The largest absolute Gasteiger partial charge is 0.482 e. The van der Waals surface area contributed by atoms with Crippen LogP contribution in [0.2, 0.25) is 0 Å². The zero-order chi connectivity index (χ0) is 23.5. The average Bonchev–Trinajstić information content (AvgIpc) is 2.90. The quantitative estimate of drug-likeness (QED) is 0.498. The van der Waals surface area contributed by atoms with Gasteiger partial charge in [0.25, 0.3) is 0 Å². The number of fused-ring (bicyclic) bond motifs is 1. The number of benzene rings is 2. The molecule has 2 aliphatic heterocycles. The molecule has 0 saturated carbocycles. The molecule has 2 aliphatic rings. The molecule has 1 aromatic heterocycles. The molecule has 0 amide bonds. The molecule has 4 nitrogen and oxygen atoms in total. The summed E-state index contributed by atoms with van der Waals surface area (Å²) in [6.45, 7) is 12.5. The van der Waals surface area contributed by atoms with Crippen molar-refractivity contribution in [2.24, 2.45) is 0 Å². The third-order valence-electron chi connectivity index (χ3n) is 7.13. The molecule has 5 rings (SSSR count). The normalized spacial score (nSPS) is 16.4. The van der Waals surface area contributed by atoms with Crippen LogP contribution in [-0.4, -0.2) is 41.7 Å². The Hall–Kier alpha value is -3.37. The molecule has 1 spiro atoms. The highest BCUT2D eigenvalue weighted by Gasteiger charge is 2.37. The minimum absolute atomic E-state index is 0.255. The molecule has 0 unspecified atom stereocenters. The number of piperidine rings is 1. The van der Waals surface area contributed by atoms with E-state index in [4.69, 9.17) is 4.74 Å². The van der Waals surface area contributed by atoms with E-state index in [9.17, 15) is 0 Å². The van der Waals surface area contributed by atoms with Gasteiger partial charge in [-0.3, -0.25) is 4.98 Å². The molecule has 174 valence electrons. The lowest BCUT2D eigenvalue weighted by Gasteiger charge is -2.40. The summed E-state index contributed by atoms with van der Waals surface area (Å²) in [6, 6.07) is 19.5. The Balaban J connectivity index is 1.57. The summed E-state index contributed by atoms with van der Waals surface area (Å²) in [5, 5.41) is 3.48. The van der Waals surface area contributed by atoms with Crippen LogP contribution in [0.1, 0.15) is 43.4 Å². The van der Waals surface area contributed by atoms with Gasteiger partial charge in [-0.15, -0.1) is 0 Å². The fourth-order valence-electron chi connectivity index (χ4n) is 5.11. The number of nitrogens with one attached hydrogen (secondary N) is 1. The van der Waals surface area contributed by atoms with Crippen molar-refractivity contribution in [3.8, 4) is 16.9 Å². The van der Waals surface area contributed by atoms with Crippen molar-refractivity contribution >= 4 is 11.3 Å². The summed E-state index contributed by atoms with van der Waals surface area (Å²) in [5.74, 6) is 0.967. The van der Waals surface area contributed by atoms with Crippen LogP contribution in [0.3, 0.4) is 0 Å². The summed E-state index contributed by atoms with van der Waals surface area (Å²) in [5.41, 5.74) is 7.93. The van der Waals surface area contributed by atoms with Gasteiger partial charge in [0.2, 0.25) is 0 Å². The number of pyridine rings is 1. The van der Waals surface area contributed by atoms with Gasteiger partial charge >= 0.3 is 0 Å². The van der Waals surface area contributed by atoms with Crippen molar-refractivity contribution < 1.29 is 4.74 Å². The van der Waals surface area contributed by atoms with Crippen LogP contribution in [0.15, 0.2) is 79.6 Å². The van der Waals surface area contributed by atoms with E-state index in [1.165, 1.54) is 22.3 Å². The summed E-state index contributed by atoms with van der Waals surface area (Å²) in [6.07, 6.45) is 8.00. The van der Waals surface area contributed by atoms with Crippen LogP contribution in [-0.2, 0) is 0 Å². The smallest absolute Gasteiger partial charge is 0.130 e. The van der Waals surface area contributed by atoms with E-state index >= 15 is 0 Å². The molecule has 4 heteroatoms. The van der Waals surface area contributed by atoms with Gasteiger partial charge in [-0.05, 0) is 85.1 Å². The van der Waals surface area contributed by atoms with E-state index in [2.05, 4.69) is 96.3 Å². The second kappa shape index (κ2) is 9.47. The van der Waals surface area contributed by atoms with E-state index in [1.54, 1.807) is 0 Å². The van der Waals surface area contributed by atoms with Gasteiger partial charge in [-0.1, -0.05) is 36.9 Å². The van der Waals surface area contributed by atoms with Gasteiger partial charge < -0.3 is 15.0 Å². The second-order valence-electron chi connectivity index (χ2n) is 9.12. The van der Waals surface area contributed by atoms with Gasteiger partial charge in [-0.2, -0.15) is 0 Å². The van der Waals surface area contributed by atoms with Crippen molar-refractivity contribution in [2.75, 3.05) is 26.2 Å². The lowest BCUT2D eigenvalue weighted by Crippen LogP contribution is -2.46. The Morgan fingerprint density at radius 1 is 0.941 bits per heavy atom. The molecule has 0 aliphatic carbocycles. The number of nitrogens with zero attached hydrogens (tertiary/aromatic N) is 2. The van der Waals surface area contributed by atoms with E-state index < -0.39 is 0 Å². The fourth-order valence-corrected chi connectivity index (χ4v) is 5.11. The lowest BCUT2D eigenvalue weighted by atomic mass is 9.82. The molecule has 2 aromatic carbocycles. The maximum Gasteiger partial charge on any atom is 0.130 e. The number of hydrogen-bond donors (Lipinski definition) is 1. The van der Waals surface area contributed by atoms with Gasteiger partial charge in [-0.25, -0.2) is 0 Å². The maximum atomic E-state index is 6.68. The van der Waals surface area contributed by atoms with Gasteiger partial charge in [0.05, 0.1) is 0 Å². The number of hydrogen-bond acceptors (Lipinski definition) is 4.